The molecule has 148 valence electrons. The van der Waals surface area contributed by atoms with Crippen LogP contribution >= 0.6 is 0 Å². The summed E-state index contributed by atoms with van der Waals surface area (Å²) in [5.74, 6) is 1.42. The fourth-order valence-corrected chi connectivity index (χ4v) is 3.48. The molecule has 1 aliphatic heterocycles. The molecule has 28 heavy (non-hydrogen) atoms. The lowest BCUT2D eigenvalue weighted by Gasteiger charge is -2.30. The van der Waals surface area contributed by atoms with Crippen LogP contribution in [-0.4, -0.2) is 43.5 Å². The van der Waals surface area contributed by atoms with Crippen molar-refractivity contribution in [2.24, 2.45) is 5.92 Å². The average molecular weight is 380 g/mol. The number of methoxy groups -OCH3 is 1. The topological polar surface area (TPSA) is 58.6 Å². The van der Waals surface area contributed by atoms with Gasteiger partial charge in [0.25, 0.3) is 11.8 Å². The second kappa shape index (κ2) is 9.40. The molecule has 5 nitrogen and oxygen atoms in total. The minimum absolute atomic E-state index is 0.0510. The van der Waals surface area contributed by atoms with Crippen molar-refractivity contribution in [1.82, 2.24) is 10.2 Å². The first-order valence-electron chi connectivity index (χ1n) is 9.88. The largest absolute Gasteiger partial charge is 0.496 e. The average Bonchev–Trinajstić information content (AvgIpc) is 2.74. The van der Waals surface area contributed by atoms with Crippen LogP contribution in [0.2, 0.25) is 0 Å². The molecule has 1 N–H and O–H groups in total. The summed E-state index contributed by atoms with van der Waals surface area (Å²) in [6.07, 6.45) is 2.80. The molecule has 0 unspecified atom stereocenters. The zero-order valence-corrected chi connectivity index (χ0v) is 16.6. The molecule has 0 radical (unpaired) electrons. The van der Waals surface area contributed by atoms with Gasteiger partial charge in [0.1, 0.15) is 5.75 Å². The highest BCUT2D eigenvalue weighted by molar-refractivity contribution is 5.97. The molecular formula is C23H28N2O3. The predicted molar refractivity (Wildman–Crippen MR) is 110 cm³/mol. The van der Waals surface area contributed by atoms with E-state index >= 15 is 0 Å². The van der Waals surface area contributed by atoms with Gasteiger partial charge in [0, 0.05) is 30.8 Å². The molecule has 0 aromatic heterocycles. The van der Waals surface area contributed by atoms with E-state index in [0.29, 0.717) is 30.0 Å². The Morgan fingerprint density at radius 2 is 1.68 bits per heavy atom. The molecule has 1 saturated heterocycles. The maximum atomic E-state index is 12.6. The van der Waals surface area contributed by atoms with E-state index in [9.17, 15) is 9.59 Å². The fourth-order valence-electron chi connectivity index (χ4n) is 3.48. The molecule has 2 aromatic carbocycles. The zero-order valence-electron chi connectivity index (χ0n) is 16.6. The Morgan fingerprint density at radius 1 is 1.04 bits per heavy atom. The summed E-state index contributed by atoms with van der Waals surface area (Å²) in [6.45, 7) is 4.37. The van der Waals surface area contributed by atoms with E-state index in [1.807, 2.05) is 29.2 Å². The van der Waals surface area contributed by atoms with E-state index in [-0.39, 0.29) is 11.8 Å². The lowest BCUT2D eigenvalue weighted by molar-refractivity contribution is 0.0696. The molecule has 0 aliphatic carbocycles. The lowest BCUT2D eigenvalue weighted by Crippen LogP contribution is -2.37. The van der Waals surface area contributed by atoms with Gasteiger partial charge in [-0.15, -0.1) is 0 Å². The maximum Gasteiger partial charge on any atom is 0.253 e. The molecule has 1 heterocycles. The monoisotopic (exact) mass is 380 g/mol. The smallest absolute Gasteiger partial charge is 0.253 e. The minimum atomic E-state index is -0.138. The van der Waals surface area contributed by atoms with Crippen molar-refractivity contribution < 1.29 is 14.3 Å². The number of likely N-dealkylation sites (tertiary alicyclic amines) is 1. The molecule has 5 heteroatoms. The third-order valence-corrected chi connectivity index (χ3v) is 5.34. The van der Waals surface area contributed by atoms with Crippen molar-refractivity contribution in [2.75, 3.05) is 26.7 Å². The molecule has 2 amide bonds. The summed E-state index contributed by atoms with van der Waals surface area (Å²) in [5.41, 5.74) is 2.26. The second-order valence-corrected chi connectivity index (χ2v) is 7.37. The molecule has 1 aliphatic rings. The van der Waals surface area contributed by atoms with Crippen LogP contribution in [0.1, 0.15) is 46.0 Å². The predicted octanol–water partition coefficient (Wildman–Crippen LogP) is 3.54. The number of para-hydroxylation sites is 1. The van der Waals surface area contributed by atoms with Crippen LogP contribution < -0.4 is 10.1 Å². The standard InChI is InChI=1S/C23H28N2O3/c1-17-12-15-25(16-13-17)23(27)20-9-7-19(8-10-20)22(26)24-14-11-18-5-3-4-6-21(18)28-2/h3-10,17H,11-16H2,1-2H3,(H,24,26). The lowest BCUT2D eigenvalue weighted by atomic mass is 9.98. The Bertz CT molecular complexity index is 809. The molecule has 3 rings (SSSR count). The Morgan fingerprint density at radius 3 is 2.36 bits per heavy atom. The summed E-state index contributed by atoms with van der Waals surface area (Å²) in [6, 6.07) is 14.7. The molecule has 2 aromatic rings. The number of piperidine rings is 1. The van der Waals surface area contributed by atoms with Crippen LogP contribution in [0.25, 0.3) is 0 Å². The first-order chi connectivity index (χ1) is 13.6. The van der Waals surface area contributed by atoms with Gasteiger partial charge in [-0.2, -0.15) is 0 Å². The number of nitrogens with one attached hydrogen (secondary N) is 1. The number of hydrogen-bond donors (Lipinski definition) is 1. The van der Waals surface area contributed by atoms with Crippen LogP contribution in [0.4, 0.5) is 0 Å². The van der Waals surface area contributed by atoms with E-state index in [2.05, 4.69) is 12.2 Å². The molecule has 0 spiro atoms. The van der Waals surface area contributed by atoms with Crippen LogP contribution in [-0.2, 0) is 6.42 Å². The molecule has 0 bridgehead atoms. The SMILES string of the molecule is COc1ccccc1CCNC(=O)c1ccc(C(=O)N2CCC(C)CC2)cc1. The van der Waals surface area contributed by atoms with E-state index in [0.717, 1.165) is 37.2 Å². The Kier molecular flexibility index (Phi) is 6.69. The summed E-state index contributed by atoms with van der Waals surface area (Å²) in [4.78, 5) is 26.9. The Labute approximate surface area is 166 Å². The highest BCUT2D eigenvalue weighted by Crippen LogP contribution is 2.19. The van der Waals surface area contributed by atoms with E-state index in [4.69, 9.17) is 4.74 Å². The van der Waals surface area contributed by atoms with Gasteiger partial charge in [0.15, 0.2) is 0 Å². The summed E-state index contributed by atoms with van der Waals surface area (Å²) >= 11 is 0. The third-order valence-electron chi connectivity index (χ3n) is 5.34. The van der Waals surface area contributed by atoms with Crippen molar-refractivity contribution in [3.8, 4) is 5.75 Å². The molecule has 0 atom stereocenters. The van der Waals surface area contributed by atoms with E-state index in [1.54, 1.807) is 31.4 Å². The van der Waals surface area contributed by atoms with Crippen molar-refractivity contribution >= 4 is 11.8 Å². The Hall–Kier alpha value is -2.82. The Balaban J connectivity index is 1.53. The van der Waals surface area contributed by atoms with Gasteiger partial charge in [0.05, 0.1) is 7.11 Å². The quantitative estimate of drug-likeness (QED) is 0.834. The van der Waals surface area contributed by atoms with E-state index in [1.165, 1.54) is 0 Å². The number of benzene rings is 2. The molecule has 0 saturated carbocycles. The highest BCUT2D eigenvalue weighted by atomic mass is 16.5. The van der Waals surface area contributed by atoms with Gasteiger partial charge in [-0.25, -0.2) is 0 Å². The van der Waals surface area contributed by atoms with Crippen LogP contribution in [0.3, 0.4) is 0 Å². The number of hydrogen-bond acceptors (Lipinski definition) is 3. The summed E-state index contributed by atoms with van der Waals surface area (Å²) in [5, 5.41) is 2.93. The number of carbonyl (C=O) groups is 2. The van der Waals surface area contributed by atoms with Crippen molar-refractivity contribution in [3.63, 3.8) is 0 Å². The maximum absolute atomic E-state index is 12.6. The third kappa shape index (κ3) is 4.91. The number of ether oxygens (including phenoxy) is 1. The van der Waals surface area contributed by atoms with Gasteiger partial charge in [-0.05, 0) is 61.1 Å². The van der Waals surface area contributed by atoms with Crippen LogP contribution in [0.5, 0.6) is 5.75 Å². The van der Waals surface area contributed by atoms with Gasteiger partial charge < -0.3 is 15.0 Å². The van der Waals surface area contributed by atoms with Crippen molar-refractivity contribution in [2.45, 2.75) is 26.2 Å². The fraction of sp³-hybridized carbons (Fsp3) is 0.391. The van der Waals surface area contributed by atoms with Crippen LogP contribution in [0.15, 0.2) is 48.5 Å². The number of nitrogens with zero attached hydrogens (tertiary/aromatic N) is 1. The number of rotatable bonds is 6. The minimum Gasteiger partial charge on any atom is -0.496 e. The van der Waals surface area contributed by atoms with Crippen molar-refractivity contribution in [3.05, 3.63) is 65.2 Å². The molecular weight excluding hydrogens is 352 g/mol. The van der Waals surface area contributed by atoms with Gasteiger partial charge in [0.2, 0.25) is 0 Å². The number of amides is 2. The van der Waals surface area contributed by atoms with Crippen molar-refractivity contribution in [1.29, 1.82) is 0 Å². The van der Waals surface area contributed by atoms with Gasteiger partial charge in [-0.1, -0.05) is 25.1 Å². The number of carbonyl (C=O) groups excluding carboxylic acids is 2. The molecule has 1 fully saturated rings. The van der Waals surface area contributed by atoms with Gasteiger partial charge in [-0.3, -0.25) is 9.59 Å². The van der Waals surface area contributed by atoms with Gasteiger partial charge >= 0.3 is 0 Å². The first kappa shape index (κ1) is 19.9. The zero-order chi connectivity index (χ0) is 19.9. The summed E-state index contributed by atoms with van der Waals surface area (Å²) in [7, 11) is 1.64. The normalized spacial score (nSPS) is 14.6. The first-order valence-corrected chi connectivity index (χ1v) is 9.88. The van der Waals surface area contributed by atoms with E-state index < -0.39 is 0 Å². The summed E-state index contributed by atoms with van der Waals surface area (Å²) < 4.78 is 5.33. The highest BCUT2D eigenvalue weighted by Gasteiger charge is 2.21. The second-order valence-electron chi connectivity index (χ2n) is 7.37. The van der Waals surface area contributed by atoms with Crippen LogP contribution in [0, 0.1) is 5.92 Å².